The first-order valence-corrected chi connectivity index (χ1v) is 7.72. The molecule has 0 aliphatic rings. The van der Waals surface area contributed by atoms with Crippen molar-refractivity contribution in [2.24, 2.45) is 0 Å². The van der Waals surface area contributed by atoms with Gasteiger partial charge >= 0.3 is 0 Å². The Morgan fingerprint density at radius 3 is 2.40 bits per heavy atom. The zero-order valence-corrected chi connectivity index (χ0v) is 13.6. The number of aryl methyl sites for hydroxylation is 1. The summed E-state index contributed by atoms with van der Waals surface area (Å²) in [4.78, 5) is 24.1. The van der Waals surface area contributed by atoms with Gasteiger partial charge in [-0.2, -0.15) is 5.10 Å². The number of hydrogen-bond donors (Lipinski definition) is 1. The number of hydrogen-bond acceptors (Lipinski definition) is 3. The highest BCUT2D eigenvalue weighted by Crippen LogP contribution is 2.15. The number of carbonyl (C=O) groups is 1. The minimum Gasteiger partial charge on any atom is -0.324 e. The van der Waals surface area contributed by atoms with E-state index in [1.54, 1.807) is 30.3 Å². The molecule has 0 spiro atoms. The molecule has 1 aromatic heterocycles. The normalized spacial score (nSPS) is 10.5. The molecular weight excluding hydrogens is 321 g/mol. The molecule has 0 bridgehead atoms. The van der Waals surface area contributed by atoms with E-state index in [0.29, 0.717) is 16.9 Å². The molecule has 0 saturated heterocycles. The van der Waals surface area contributed by atoms with Gasteiger partial charge in [0.1, 0.15) is 12.4 Å². The summed E-state index contributed by atoms with van der Waals surface area (Å²) in [6, 6.07) is 16.0. The number of halogens is 1. The smallest absolute Gasteiger partial charge is 0.267 e. The second-order valence-corrected chi connectivity index (χ2v) is 5.64. The van der Waals surface area contributed by atoms with Gasteiger partial charge in [-0.3, -0.25) is 9.59 Å². The Morgan fingerprint density at radius 1 is 1.04 bits per heavy atom. The highest BCUT2D eigenvalue weighted by atomic mass is 19.1. The number of amides is 1. The molecule has 6 heteroatoms. The summed E-state index contributed by atoms with van der Waals surface area (Å²) in [6.45, 7) is 1.75. The molecule has 1 heterocycles. The molecule has 25 heavy (non-hydrogen) atoms. The lowest BCUT2D eigenvalue weighted by atomic mass is 10.1. The average Bonchev–Trinajstić information content (AvgIpc) is 2.60. The first-order chi connectivity index (χ1) is 12.0. The molecule has 1 N–H and O–H groups in total. The summed E-state index contributed by atoms with van der Waals surface area (Å²) in [5.74, 6) is -0.704. The van der Waals surface area contributed by atoms with Crippen molar-refractivity contribution in [3.05, 3.63) is 82.4 Å². The van der Waals surface area contributed by atoms with Crippen molar-refractivity contribution in [1.82, 2.24) is 9.78 Å². The number of rotatable bonds is 4. The lowest BCUT2D eigenvalue weighted by molar-refractivity contribution is -0.117. The van der Waals surface area contributed by atoms with Crippen LogP contribution in [-0.2, 0) is 11.3 Å². The molecule has 0 unspecified atom stereocenters. The fraction of sp³-hybridized carbons (Fsp3) is 0.105. The first kappa shape index (κ1) is 16.6. The Kier molecular flexibility index (Phi) is 4.70. The van der Waals surface area contributed by atoms with E-state index in [0.717, 1.165) is 10.2 Å². The zero-order chi connectivity index (χ0) is 17.8. The maximum Gasteiger partial charge on any atom is 0.267 e. The summed E-state index contributed by atoms with van der Waals surface area (Å²) in [7, 11) is 0. The number of carbonyl (C=O) groups excluding carboxylic acids is 1. The van der Waals surface area contributed by atoms with Crippen molar-refractivity contribution < 1.29 is 9.18 Å². The third kappa shape index (κ3) is 4.17. The summed E-state index contributed by atoms with van der Waals surface area (Å²) in [5.41, 5.74) is 2.50. The van der Waals surface area contributed by atoms with Gasteiger partial charge in [0, 0.05) is 17.3 Å². The van der Waals surface area contributed by atoms with Crippen molar-refractivity contribution >= 4 is 11.6 Å². The van der Waals surface area contributed by atoms with E-state index in [4.69, 9.17) is 0 Å². The van der Waals surface area contributed by atoms with Crippen molar-refractivity contribution in [3.8, 4) is 11.3 Å². The Hall–Kier alpha value is -3.28. The Labute approximate surface area is 143 Å². The average molecular weight is 337 g/mol. The van der Waals surface area contributed by atoms with Crippen LogP contribution in [0.25, 0.3) is 11.3 Å². The van der Waals surface area contributed by atoms with E-state index in [2.05, 4.69) is 10.4 Å². The van der Waals surface area contributed by atoms with Crippen LogP contribution >= 0.6 is 0 Å². The van der Waals surface area contributed by atoms with Crippen molar-refractivity contribution in [3.63, 3.8) is 0 Å². The topological polar surface area (TPSA) is 64.0 Å². The van der Waals surface area contributed by atoms with Crippen LogP contribution < -0.4 is 10.9 Å². The van der Waals surface area contributed by atoms with Gasteiger partial charge in [-0.05, 0) is 49.4 Å². The first-order valence-electron chi connectivity index (χ1n) is 7.72. The van der Waals surface area contributed by atoms with Gasteiger partial charge in [-0.1, -0.05) is 17.7 Å². The van der Waals surface area contributed by atoms with Crippen molar-refractivity contribution in [1.29, 1.82) is 0 Å². The molecule has 3 rings (SSSR count). The molecule has 0 aliphatic heterocycles. The number of nitrogens with one attached hydrogen (secondary N) is 1. The van der Waals surface area contributed by atoms with E-state index >= 15 is 0 Å². The maximum absolute atomic E-state index is 13.0. The van der Waals surface area contributed by atoms with Gasteiger partial charge in [-0.15, -0.1) is 0 Å². The van der Waals surface area contributed by atoms with E-state index in [-0.39, 0.29) is 23.8 Å². The molecule has 1 amide bonds. The van der Waals surface area contributed by atoms with E-state index in [9.17, 15) is 14.0 Å². The fourth-order valence-electron chi connectivity index (χ4n) is 2.31. The lowest BCUT2D eigenvalue weighted by Crippen LogP contribution is -2.29. The third-order valence-electron chi connectivity index (χ3n) is 3.64. The van der Waals surface area contributed by atoms with Crippen LogP contribution in [0.3, 0.4) is 0 Å². The van der Waals surface area contributed by atoms with Crippen LogP contribution in [-0.4, -0.2) is 15.7 Å². The predicted octanol–water partition coefficient (Wildman–Crippen LogP) is 3.00. The van der Waals surface area contributed by atoms with Crippen LogP contribution in [0.4, 0.5) is 10.1 Å². The highest BCUT2D eigenvalue weighted by molar-refractivity contribution is 5.90. The van der Waals surface area contributed by atoms with Crippen molar-refractivity contribution in [2.75, 3.05) is 5.32 Å². The molecule has 0 fully saturated rings. The van der Waals surface area contributed by atoms with Crippen LogP contribution in [0.2, 0.25) is 0 Å². The summed E-state index contributed by atoms with van der Waals surface area (Å²) in [6.07, 6.45) is 0. The number of aromatic nitrogens is 2. The summed E-state index contributed by atoms with van der Waals surface area (Å²) < 4.78 is 14.1. The molecule has 5 nitrogen and oxygen atoms in total. The van der Waals surface area contributed by atoms with Crippen LogP contribution in [0, 0.1) is 12.7 Å². The maximum atomic E-state index is 13.0. The Balaban J connectivity index is 1.78. The highest BCUT2D eigenvalue weighted by Gasteiger charge is 2.08. The molecule has 2 aromatic carbocycles. The fourth-order valence-corrected chi connectivity index (χ4v) is 2.31. The van der Waals surface area contributed by atoms with Gasteiger partial charge < -0.3 is 5.32 Å². The van der Waals surface area contributed by atoms with Crippen LogP contribution in [0.5, 0.6) is 0 Å². The largest absolute Gasteiger partial charge is 0.324 e. The standard InChI is InChI=1S/C19H16FN3O2/c1-13-2-8-16(9-3-13)21-18(24)12-23-19(25)11-10-17(22-23)14-4-6-15(20)7-5-14/h2-11H,12H2,1H3,(H,21,24). The quantitative estimate of drug-likeness (QED) is 0.796. The molecule has 0 atom stereocenters. The van der Waals surface area contributed by atoms with E-state index in [1.807, 2.05) is 19.1 Å². The molecule has 0 aliphatic carbocycles. The van der Waals surface area contributed by atoms with E-state index in [1.165, 1.54) is 18.2 Å². The zero-order valence-electron chi connectivity index (χ0n) is 13.6. The van der Waals surface area contributed by atoms with Crippen LogP contribution in [0.15, 0.2) is 65.5 Å². The second-order valence-electron chi connectivity index (χ2n) is 5.64. The summed E-state index contributed by atoms with van der Waals surface area (Å²) in [5, 5.41) is 6.91. The van der Waals surface area contributed by atoms with Gasteiger partial charge in [-0.25, -0.2) is 9.07 Å². The number of benzene rings is 2. The van der Waals surface area contributed by atoms with Gasteiger partial charge in [0.15, 0.2) is 0 Å². The molecule has 0 saturated carbocycles. The van der Waals surface area contributed by atoms with Gasteiger partial charge in [0.2, 0.25) is 5.91 Å². The third-order valence-corrected chi connectivity index (χ3v) is 3.64. The minimum atomic E-state index is -0.384. The molecular formula is C19H16FN3O2. The molecule has 126 valence electrons. The van der Waals surface area contributed by atoms with Gasteiger partial charge in [0.25, 0.3) is 5.56 Å². The van der Waals surface area contributed by atoms with E-state index < -0.39 is 0 Å². The number of anilines is 1. The molecule has 0 radical (unpaired) electrons. The molecule has 3 aromatic rings. The number of nitrogens with zero attached hydrogens (tertiary/aromatic N) is 2. The SMILES string of the molecule is Cc1ccc(NC(=O)Cn2nc(-c3ccc(F)cc3)ccc2=O)cc1. The lowest BCUT2D eigenvalue weighted by Gasteiger charge is -2.08. The second kappa shape index (κ2) is 7.09. The minimum absolute atomic E-state index is 0.207. The summed E-state index contributed by atoms with van der Waals surface area (Å²) >= 11 is 0. The predicted molar refractivity (Wildman–Crippen MR) is 93.7 cm³/mol. The van der Waals surface area contributed by atoms with Crippen LogP contribution in [0.1, 0.15) is 5.56 Å². The Morgan fingerprint density at radius 2 is 1.72 bits per heavy atom. The van der Waals surface area contributed by atoms with Gasteiger partial charge in [0.05, 0.1) is 5.69 Å². The monoisotopic (exact) mass is 337 g/mol. The Bertz CT molecular complexity index is 948. The van der Waals surface area contributed by atoms with Crippen molar-refractivity contribution in [2.45, 2.75) is 13.5 Å².